The van der Waals surface area contributed by atoms with Crippen molar-refractivity contribution in [2.24, 2.45) is 17.8 Å². The lowest BCUT2D eigenvalue weighted by Crippen LogP contribution is -2.25. The lowest BCUT2D eigenvalue weighted by Gasteiger charge is -2.37. The van der Waals surface area contributed by atoms with E-state index in [2.05, 4.69) is 31.7 Å². The highest BCUT2D eigenvalue weighted by molar-refractivity contribution is 5.85. The van der Waals surface area contributed by atoms with Gasteiger partial charge in [0.25, 0.3) is 0 Å². The first kappa shape index (κ1) is 22.2. The second-order valence-electron chi connectivity index (χ2n) is 9.78. The summed E-state index contributed by atoms with van der Waals surface area (Å²) in [5.74, 6) is 1.63. The Morgan fingerprint density at radius 2 is 1.58 bits per heavy atom. The SMILES string of the molecule is C=CCCc1cc2ccc(C3CCC(C4CCC(/C=C/C)CC4)CC3)cc2c(F)c1F. The average Bonchev–Trinajstić information content (AvgIpc) is 2.81. The van der Waals surface area contributed by atoms with Crippen molar-refractivity contribution < 1.29 is 8.78 Å². The molecule has 0 aromatic heterocycles. The molecule has 2 aliphatic carbocycles. The van der Waals surface area contributed by atoms with E-state index in [1.165, 1.54) is 56.9 Å². The van der Waals surface area contributed by atoms with Crippen LogP contribution in [0.5, 0.6) is 0 Å². The number of fused-ring (bicyclic) bond motifs is 1. The van der Waals surface area contributed by atoms with Gasteiger partial charge in [-0.25, -0.2) is 8.78 Å². The lowest BCUT2D eigenvalue weighted by atomic mass is 9.68. The smallest absolute Gasteiger partial charge is 0.166 e. The molecule has 0 saturated heterocycles. The van der Waals surface area contributed by atoms with Gasteiger partial charge in [0.1, 0.15) is 0 Å². The van der Waals surface area contributed by atoms with Crippen molar-refractivity contribution in [3.63, 3.8) is 0 Å². The maximum absolute atomic E-state index is 14.8. The fourth-order valence-electron chi connectivity index (χ4n) is 6.10. The van der Waals surface area contributed by atoms with Gasteiger partial charge in [-0.2, -0.15) is 0 Å². The summed E-state index contributed by atoms with van der Waals surface area (Å²) in [5.41, 5.74) is 1.63. The van der Waals surface area contributed by atoms with Crippen LogP contribution in [0.2, 0.25) is 0 Å². The predicted octanol–water partition coefficient (Wildman–Crippen LogP) is 8.89. The number of halogens is 2. The van der Waals surface area contributed by atoms with E-state index in [0.717, 1.165) is 23.1 Å². The summed E-state index contributed by atoms with van der Waals surface area (Å²) in [5, 5.41) is 1.23. The Balaban J connectivity index is 1.42. The van der Waals surface area contributed by atoms with E-state index in [9.17, 15) is 8.78 Å². The van der Waals surface area contributed by atoms with E-state index in [4.69, 9.17) is 0 Å². The molecular formula is C29H36F2. The fraction of sp³-hybridized carbons (Fsp3) is 0.517. The highest BCUT2D eigenvalue weighted by atomic mass is 19.2. The fourth-order valence-corrected chi connectivity index (χ4v) is 6.10. The molecule has 0 N–H and O–H groups in total. The third-order valence-corrected chi connectivity index (χ3v) is 7.93. The molecule has 2 aliphatic rings. The van der Waals surface area contributed by atoms with E-state index in [0.29, 0.717) is 29.7 Å². The van der Waals surface area contributed by atoms with Gasteiger partial charge in [-0.3, -0.25) is 0 Å². The number of aryl methyl sites for hydroxylation is 1. The highest BCUT2D eigenvalue weighted by Gasteiger charge is 2.31. The molecule has 2 heteroatoms. The van der Waals surface area contributed by atoms with Gasteiger partial charge >= 0.3 is 0 Å². The topological polar surface area (TPSA) is 0 Å². The Bertz CT molecular complexity index is 925. The van der Waals surface area contributed by atoms with E-state index in [1.54, 1.807) is 6.08 Å². The summed E-state index contributed by atoms with van der Waals surface area (Å²) >= 11 is 0. The van der Waals surface area contributed by atoms with Gasteiger partial charge in [-0.05, 0) is 123 Å². The molecule has 0 nitrogen and oxygen atoms in total. The summed E-state index contributed by atoms with van der Waals surface area (Å²) in [7, 11) is 0. The Kier molecular flexibility index (Phi) is 7.25. The van der Waals surface area contributed by atoms with Gasteiger partial charge < -0.3 is 0 Å². The Hall–Kier alpha value is -1.96. The van der Waals surface area contributed by atoms with Crippen molar-refractivity contribution in [1.29, 1.82) is 0 Å². The summed E-state index contributed by atoms with van der Waals surface area (Å²) in [4.78, 5) is 0. The third kappa shape index (κ3) is 4.94. The zero-order valence-corrected chi connectivity index (χ0v) is 18.9. The van der Waals surface area contributed by atoms with Crippen LogP contribution in [0.25, 0.3) is 10.8 Å². The van der Waals surface area contributed by atoms with Crippen molar-refractivity contribution in [3.05, 3.63) is 71.8 Å². The van der Waals surface area contributed by atoms with Crippen LogP contribution in [0.1, 0.15) is 81.8 Å². The number of hydrogen-bond donors (Lipinski definition) is 0. The van der Waals surface area contributed by atoms with Gasteiger partial charge in [-0.1, -0.05) is 30.4 Å². The molecule has 2 aromatic rings. The molecule has 0 bridgehead atoms. The van der Waals surface area contributed by atoms with Crippen LogP contribution < -0.4 is 0 Å². The van der Waals surface area contributed by atoms with E-state index in [1.807, 2.05) is 18.2 Å². The minimum Gasteiger partial charge on any atom is -0.203 e. The Labute approximate surface area is 186 Å². The van der Waals surface area contributed by atoms with Gasteiger partial charge in [0.05, 0.1) is 0 Å². The summed E-state index contributed by atoms with van der Waals surface area (Å²) in [6, 6.07) is 7.85. The largest absolute Gasteiger partial charge is 0.203 e. The van der Waals surface area contributed by atoms with Crippen molar-refractivity contribution in [1.82, 2.24) is 0 Å². The zero-order chi connectivity index (χ0) is 21.8. The molecule has 31 heavy (non-hydrogen) atoms. The first-order valence-electron chi connectivity index (χ1n) is 12.2. The molecule has 0 heterocycles. The quantitative estimate of drug-likeness (QED) is 0.408. The van der Waals surface area contributed by atoms with Crippen LogP contribution in [-0.4, -0.2) is 0 Å². The second-order valence-corrected chi connectivity index (χ2v) is 9.78. The molecule has 0 amide bonds. The highest BCUT2D eigenvalue weighted by Crippen LogP contribution is 2.44. The van der Waals surface area contributed by atoms with Crippen molar-refractivity contribution >= 4 is 10.8 Å². The van der Waals surface area contributed by atoms with Gasteiger partial charge in [-0.15, -0.1) is 6.58 Å². The molecule has 0 unspecified atom stereocenters. The Morgan fingerprint density at radius 1 is 0.903 bits per heavy atom. The van der Waals surface area contributed by atoms with Crippen molar-refractivity contribution in [2.75, 3.05) is 0 Å². The molecule has 0 radical (unpaired) electrons. The van der Waals surface area contributed by atoms with Gasteiger partial charge in [0.2, 0.25) is 0 Å². The first-order valence-corrected chi connectivity index (χ1v) is 12.2. The molecular weight excluding hydrogens is 386 g/mol. The van der Waals surface area contributed by atoms with E-state index >= 15 is 0 Å². The number of hydrogen-bond acceptors (Lipinski definition) is 0. The molecule has 4 rings (SSSR count). The average molecular weight is 423 g/mol. The molecule has 0 spiro atoms. The standard InChI is InChI=1S/C29H36F2/c1-3-5-7-26-18-25-17-16-24(19-27(25)29(31)28(26)30)23-14-12-22(13-15-23)21-10-8-20(6-4-2)9-11-21/h3-4,6,16-23H,1,5,7-15H2,2H3/b6-4+. The Morgan fingerprint density at radius 3 is 2.23 bits per heavy atom. The normalized spacial score (nSPS) is 27.1. The summed E-state index contributed by atoms with van der Waals surface area (Å²) in [6.07, 6.45) is 17.8. The van der Waals surface area contributed by atoms with Crippen LogP contribution in [0, 0.1) is 29.4 Å². The second kappa shape index (κ2) is 10.1. The van der Waals surface area contributed by atoms with Crippen LogP contribution in [0.15, 0.2) is 49.1 Å². The van der Waals surface area contributed by atoms with Gasteiger partial charge in [0.15, 0.2) is 11.6 Å². The summed E-state index contributed by atoms with van der Waals surface area (Å²) < 4.78 is 29.4. The minimum absolute atomic E-state index is 0.432. The van der Waals surface area contributed by atoms with Crippen LogP contribution in [-0.2, 0) is 6.42 Å². The predicted molar refractivity (Wildman–Crippen MR) is 127 cm³/mol. The van der Waals surface area contributed by atoms with Crippen LogP contribution in [0.4, 0.5) is 8.78 Å². The number of allylic oxidation sites excluding steroid dienone is 3. The lowest BCUT2D eigenvalue weighted by molar-refractivity contribution is 0.171. The van der Waals surface area contributed by atoms with Crippen LogP contribution in [0.3, 0.4) is 0 Å². The maximum atomic E-state index is 14.8. The summed E-state index contributed by atoms with van der Waals surface area (Å²) in [6.45, 7) is 5.81. The molecule has 2 aromatic carbocycles. The maximum Gasteiger partial charge on any atom is 0.166 e. The van der Waals surface area contributed by atoms with Crippen LogP contribution >= 0.6 is 0 Å². The molecule has 0 atom stereocenters. The first-order chi connectivity index (χ1) is 15.1. The molecule has 166 valence electrons. The van der Waals surface area contributed by atoms with E-state index < -0.39 is 11.6 Å². The zero-order valence-electron chi connectivity index (χ0n) is 18.9. The minimum atomic E-state index is -0.691. The van der Waals surface area contributed by atoms with Gasteiger partial charge in [0, 0.05) is 5.39 Å². The van der Waals surface area contributed by atoms with E-state index in [-0.39, 0.29) is 0 Å². The van der Waals surface area contributed by atoms with Crippen molar-refractivity contribution in [2.45, 2.75) is 77.0 Å². The molecule has 2 fully saturated rings. The number of benzene rings is 2. The number of rotatable bonds is 6. The third-order valence-electron chi connectivity index (χ3n) is 7.93. The monoisotopic (exact) mass is 422 g/mol. The molecule has 0 aliphatic heterocycles. The van der Waals surface area contributed by atoms with Crippen molar-refractivity contribution in [3.8, 4) is 0 Å². The molecule has 2 saturated carbocycles.